The second kappa shape index (κ2) is 7.31. The maximum absolute atomic E-state index is 12.2. The van der Waals surface area contributed by atoms with Crippen LogP contribution in [0.25, 0.3) is 0 Å². The van der Waals surface area contributed by atoms with E-state index in [4.69, 9.17) is 4.98 Å². The predicted molar refractivity (Wildman–Crippen MR) is 96.2 cm³/mol. The van der Waals surface area contributed by atoms with Crippen LogP contribution in [0, 0.1) is 0 Å². The Labute approximate surface area is 154 Å². The van der Waals surface area contributed by atoms with Gasteiger partial charge in [0, 0.05) is 63.5 Å². The number of piperidine rings is 1. The van der Waals surface area contributed by atoms with Gasteiger partial charge in [0.1, 0.15) is 0 Å². The molecule has 1 aromatic rings. The molecule has 7 heteroatoms. The van der Waals surface area contributed by atoms with Gasteiger partial charge in [0.15, 0.2) is 5.82 Å². The van der Waals surface area contributed by atoms with Gasteiger partial charge in [-0.2, -0.15) is 0 Å². The zero-order valence-electron chi connectivity index (χ0n) is 15.5. The summed E-state index contributed by atoms with van der Waals surface area (Å²) in [6, 6.07) is 0.0116. The van der Waals surface area contributed by atoms with E-state index >= 15 is 0 Å². The Balaban J connectivity index is 1.45. The normalized spacial score (nSPS) is 23.3. The second-order valence-electron chi connectivity index (χ2n) is 7.62. The highest BCUT2D eigenvalue weighted by Crippen LogP contribution is 2.30. The van der Waals surface area contributed by atoms with Gasteiger partial charge in [-0.05, 0) is 25.7 Å². The zero-order valence-corrected chi connectivity index (χ0v) is 15.5. The molecule has 2 saturated heterocycles. The summed E-state index contributed by atoms with van der Waals surface area (Å²) in [6.07, 6.45) is 6.98. The van der Waals surface area contributed by atoms with Crippen molar-refractivity contribution >= 4 is 11.8 Å². The van der Waals surface area contributed by atoms with Crippen molar-refractivity contribution < 1.29 is 9.59 Å². The lowest BCUT2D eigenvalue weighted by atomic mass is 10.0. The molecule has 0 radical (unpaired) electrons. The molecule has 1 unspecified atom stereocenters. The summed E-state index contributed by atoms with van der Waals surface area (Å²) in [7, 11) is 0. The van der Waals surface area contributed by atoms with Gasteiger partial charge in [-0.3, -0.25) is 14.5 Å². The van der Waals surface area contributed by atoms with Gasteiger partial charge in [0.25, 0.3) is 0 Å². The standard InChI is InChI=1S/C19H27N5O2/c1-14(25)24-9-3-2-5-17(24)19-20-11-15-12-22(10-6-16(15)21-19)13-18(26)23-7-4-8-23/h11,17H,2-10,12-13H2,1H3. The Kier molecular flexibility index (Phi) is 4.89. The van der Waals surface area contributed by atoms with Crippen molar-refractivity contribution in [2.24, 2.45) is 0 Å². The molecular weight excluding hydrogens is 330 g/mol. The number of fused-ring (bicyclic) bond motifs is 1. The Morgan fingerprint density at radius 3 is 2.73 bits per heavy atom. The number of aromatic nitrogens is 2. The lowest BCUT2D eigenvalue weighted by Gasteiger charge is -2.36. The first-order valence-electron chi connectivity index (χ1n) is 9.74. The van der Waals surface area contributed by atoms with Crippen LogP contribution in [0.2, 0.25) is 0 Å². The number of carbonyl (C=O) groups excluding carboxylic acids is 2. The molecule has 0 aliphatic carbocycles. The molecule has 4 rings (SSSR count). The third-order valence-corrected chi connectivity index (χ3v) is 5.80. The second-order valence-corrected chi connectivity index (χ2v) is 7.62. The van der Waals surface area contributed by atoms with E-state index in [1.807, 2.05) is 16.0 Å². The van der Waals surface area contributed by atoms with E-state index in [9.17, 15) is 9.59 Å². The molecule has 2 fully saturated rings. The summed E-state index contributed by atoms with van der Waals surface area (Å²) < 4.78 is 0. The minimum Gasteiger partial charge on any atom is -0.341 e. The highest BCUT2D eigenvalue weighted by molar-refractivity contribution is 5.79. The zero-order chi connectivity index (χ0) is 18.1. The number of rotatable bonds is 3. The summed E-state index contributed by atoms with van der Waals surface area (Å²) in [6.45, 7) is 6.31. The SMILES string of the molecule is CC(=O)N1CCCCC1c1ncc2c(n1)CCN(CC(=O)N1CCC1)C2. The molecule has 1 aromatic heterocycles. The summed E-state index contributed by atoms with van der Waals surface area (Å²) in [5.41, 5.74) is 2.19. The molecule has 0 bridgehead atoms. The largest absolute Gasteiger partial charge is 0.341 e. The van der Waals surface area contributed by atoms with Gasteiger partial charge < -0.3 is 9.80 Å². The average Bonchev–Trinajstić information content (AvgIpc) is 2.59. The lowest BCUT2D eigenvalue weighted by Crippen LogP contribution is -2.48. The van der Waals surface area contributed by atoms with Crippen LogP contribution in [-0.2, 0) is 22.6 Å². The summed E-state index contributed by atoms with van der Waals surface area (Å²) >= 11 is 0. The van der Waals surface area contributed by atoms with Crippen molar-refractivity contribution in [1.29, 1.82) is 0 Å². The van der Waals surface area contributed by atoms with Gasteiger partial charge in [-0.25, -0.2) is 9.97 Å². The highest BCUT2D eigenvalue weighted by atomic mass is 16.2. The van der Waals surface area contributed by atoms with E-state index in [-0.39, 0.29) is 17.9 Å². The topological polar surface area (TPSA) is 69.6 Å². The molecule has 4 heterocycles. The van der Waals surface area contributed by atoms with Gasteiger partial charge in [0.05, 0.1) is 12.6 Å². The summed E-state index contributed by atoms with van der Waals surface area (Å²) in [4.78, 5) is 39.5. The lowest BCUT2D eigenvalue weighted by molar-refractivity contribution is -0.136. The highest BCUT2D eigenvalue weighted by Gasteiger charge is 2.30. The number of hydrogen-bond acceptors (Lipinski definition) is 5. The van der Waals surface area contributed by atoms with Gasteiger partial charge in [-0.1, -0.05) is 0 Å². The molecule has 0 N–H and O–H groups in total. The minimum atomic E-state index is 0.0116. The van der Waals surface area contributed by atoms with Crippen molar-refractivity contribution in [1.82, 2.24) is 24.7 Å². The maximum Gasteiger partial charge on any atom is 0.236 e. The molecule has 140 valence electrons. The van der Waals surface area contributed by atoms with Crippen molar-refractivity contribution in [3.8, 4) is 0 Å². The number of likely N-dealkylation sites (tertiary alicyclic amines) is 2. The molecule has 1 atom stereocenters. The molecule has 3 aliphatic heterocycles. The molecule has 26 heavy (non-hydrogen) atoms. The average molecular weight is 357 g/mol. The van der Waals surface area contributed by atoms with Gasteiger partial charge >= 0.3 is 0 Å². The Bertz CT molecular complexity index is 703. The minimum absolute atomic E-state index is 0.0116. The van der Waals surface area contributed by atoms with Crippen LogP contribution in [0.1, 0.15) is 55.7 Å². The number of carbonyl (C=O) groups is 2. The van der Waals surface area contributed by atoms with Crippen molar-refractivity contribution in [2.45, 2.75) is 51.6 Å². The molecule has 3 aliphatic rings. The summed E-state index contributed by atoms with van der Waals surface area (Å²) in [5.74, 6) is 1.12. The van der Waals surface area contributed by atoms with Crippen molar-refractivity contribution in [3.05, 3.63) is 23.3 Å². The van der Waals surface area contributed by atoms with Crippen molar-refractivity contribution in [2.75, 3.05) is 32.7 Å². The number of hydrogen-bond donors (Lipinski definition) is 0. The van der Waals surface area contributed by atoms with E-state index in [0.29, 0.717) is 6.54 Å². The van der Waals surface area contributed by atoms with Crippen LogP contribution < -0.4 is 0 Å². The Hall–Kier alpha value is -2.02. The Morgan fingerprint density at radius 1 is 1.15 bits per heavy atom. The smallest absolute Gasteiger partial charge is 0.236 e. The monoisotopic (exact) mass is 357 g/mol. The van der Waals surface area contributed by atoms with E-state index in [0.717, 1.165) is 81.9 Å². The third kappa shape index (κ3) is 3.45. The quantitative estimate of drug-likeness (QED) is 0.811. The molecule has 0 aromatic carbocycles. The van der Waals surface area contributed by atoms with Gasteiger partial charge in [0.2, 0.25) is 11.8 Å². The predicted octanol–water partition coefficient (Wildman–Crippen LogP) is 1.14. The van der Waals surface area contributed by atoms with E-state index in [1.54, 1.807) is 6.92 Å². The van der Waals surface area contributed by atoms with Crippen LogP contribution in [0.15, 0.2) is 6.20 Å². The molecule has 0 spiro atoms. The Morgan fingerprint density at radius 2 is 2.00 bits per heavy atom. The molecule has 0 saturated carbocycles. The van der Waals surface area contributed by atoms with Gasteiger partial charge in [-0.15, -0.1) is 0 Å². The fourth-order valence-electron chi connectivity index (χ4n) is 4.12. The fourth-order valence-corrected chi connectivity index (χ4v) is 4.12. The number of nitrogens with zero attached hydrogens (tertiary/aromatic N) is 5. The van der Waals surface area contributed by atoms with Crippen LogP contribution in [0.5, 0.6) is 0 Å². The number of amides is 2. The van der Waals surface area contributed by atoms with Crippen LogP contribution in [-0.4, -0.2) is 69.2 Å². The molecular formula is C19H27N5O2. The first-order chi connectivity index (χ1) is 12.6. The first kappa shape index (κ1) is 17.4. The van der Waals surface area contributed by atoms with E-state index < -0.39 is 0 Å². The molecule has 7 nitrogen and oxygen atoms in total. The van der Waals surface area contributed by atoms with Crippen LogP contribution in [0.3, 0.4) is 0 Å². The van der Waals surface area contributed by atoms with E-state index in [1.165, 1.54) is 0 Å². The third-order valence-electron chi connectivity index (χ3n) is 5.80. The van der Waals surface area contributed by atoms with Crippen LogP contribution >= 0.6 is 0 Å². The molecule has 2 amide bonds. The maximum atomic E-state index is 12.2. The van der Waals surface area contributed by atoms with Crippen molar-refractivity contribution in [3.63, 3.8) is 0 Å². The van der Waals surface area contributed by atoms with Crippen LogP contribution in [0.4, 0.5) is 0 Å². The summed E-state index contributed by atoms with van der Waals surface area (Å²) in [5, 5.41) is 0. The van der Waals surface area contributed by atoms with E-state index in [2.05, 4.69) is 9.88 Å². The fraction of sp³-hybridized carbons (Fsp3) is 0.684. The first-order valence-corrected chi connectivity index (χ1v) is 9.74.